The lowest BCUT2D eigenvalue weighted by Gasteiger charge is -2.10. The fourth-order valence-electron chi connectivity index (χ4n) is 2.45. The molecule has 0 aliphatic carbocycles. The predicted octanol–water partition coefficient (Wildman–Crippen LogP) is 2.69. The minimum atomic E-state index is -0.862. The smallest absolute Gasteiger partial charge is 0.234 e. The van der Waals surface area contributed by atoms with Crippen molar-refractivity contribution in [3.05, 3.63) is 48.0 Å². The number of ether oxygens (including phenoxy) is 2. The molecule has 152 valence electrons. The first-order valence-electron chi connectivity index (χ1n) is 8.23. The van der Waals surface area contributed by atoms with Crippen LogP contribution >= 0.6 is 11.8 Å². The summed E-state index contributed by atoms with van der Waals surface area (Å²) in [5.74, 6) is 5.28. The fourth-order valence-corrected chi connectivity index (χ4v) is 3.11. The monoisotopic (exact) mass is 421 g/mol. The highest BCUT2D eigenvalue weighted by atomic mass is 32.2. The molecule has 1 aromatic heterocycles. The fraction of sp³-hybridized carbons (Fsp3) is 0.167. The van der Waals surface area contributed by atoms with Gasteiger partial charge in [-0.3, -0.25) is 4.79 Å². The third-order valence-electron chi connectivity index (χ3n) is 3.85. The zero-order valence-corrected chi connectivity index (χ0v) is 16.3. The molecule has 0 saturated carbocycles. The van der Waals surface area contributed by atoms with Crippen molar-refractivity contribution in [2.75, 3.05) is 31.1 Å². The molecule has 0 spiro atoms. The summed E-state index contributed by atoms with van der Waals surface area (Å²) in [5.41, 5.74) is 0.475. The Kier molecular flexibility index (Phi) is 6.17. The number of nitrogens with one attached hydrogen (secondary N) is 1. The van der Waals surface area contributed by atoms with E-state index in [1.807, 2.05) is 0 Å². The van der Waals surface area contributed by atoms with E-state index in [1.54, 1.807) is 18.2 Å². The molecule has 3 N–H and O–H groups in total. The first-order valence-corrected chi connectivity index (χ1v) is 9.22. The van der Waals surface area contributed by atoms with Crippen LogP contribution < -0.4 is 20.6 Å². The largest absolute Gasteiger partial charge is 0.497 e. The van der Waals surface area contributed by atoms with Gasteiger partial charge in [-0.2, -0.15) is 0 Å². The lowest BCUT2D eigenvalue weighted by atomic mass is 10.2. The summed E-state index contributed by atoms with van der Waals surface area (Å²) in [7, 11) is 3.04. The summed E-state index contributed by atoms with van der Waals surface area (Å²) in [6, 6.07) is 8.02. The van der Waals surface area contributed by atoms with Crippen LogP contribution in [0.2, 0.25) is 0 Å². The van der Waals surface area contributed by atoms with Crippen molar-refractivity contribution in [1.29, 1.82) is 0 Å². The van der Waals surface area contributed by atoms with Crippen LogP contribution in [-0.4, -0.2) is 40.8 Å². The number of carbonyl (C=O) groups excluding carboxylic acids is 1. The normalized spacial score (nSPS) is 10.6. The summed E-state index contributed by atoms with van der Waals surface area (Å²) < 4.78 is 38.3. The molecule has 0 unspecified atom stereocenters. The number of nitrogens with two attached hydrogens (primary N) is 1. The Morgan fingerprint density at radius 1 is 1.17 bits per heavy atom. The van der Waals surface area contributed by atoms with Crippen LogP contribution in [0.3, 0.4) is 0 Å². The third kappa shape index (κ3) is 4.57. The van der Waals surface area contributed by atoms with Crippen molar-refractivity contribution < 1.29 is 23.0 Å². The number of anilines is 1. The highest BCUT2D eigenvalue weighted by molar-refractivity contribution is 7.99. The second kappa shape index (κ2) is 8.78. The molecule has 0 bridgehead atoms. The summed E-state index contributed by atoms with van der Waals surface area (Å²) in [4.78, 5) is 12.1. The lowest BCUT2D eigenvalue weighted by molar-refractivity contribution is -0.113. The molecule has 0 fully saturated rings. The number of nitrogen functional groups attached to an aromatic ring is 1. The van der Waals surface area contributed by atoms with Crippen LogP contribution in [0.4, 0.5) is 14.5 Å². The quantitative estimate of drug-likeness (QED) is 0.446. The van der Waals surface area contributed by atoms with E-state index >= 15 is 0 Å². The van der Waals surface area contributed by atoms with Gasteiger partial charge in [0.2, 0.25) is 11.1 Å². The number of hydrogen-bond acceptors (Lipinski definition) is 7. The molecule has 0 atom stereocenters. The zero-order chi connectivity index (χ0) is 21.0. The van der Waals surface area contributed by atoms with E-state index in [2.05, 4.69) is 15.5 Å². The second-order valence-corrected chi connectivity index (χ2v) is 6.65. The molecular weight excluding hydrogens is 404 g/mol. The molecule has 29 heavy (non-hydrogen) atoms. The summed E-state index contributed by atoms with van der Waals surface area (Å²) in [5, 5.41) is 10.7. The highest BCUT2D eigenvalue weighted by Gasteiger charge is 2.18. The number of hydrogen-bond donors (Lipinski definition) is 2. The molecule has 1 heterocycles. The Labute approximate surface area is 169 Å². The Hall–Kier alpha value is -3.34. The van der Waals surface area contributed by atoms with Crippen LogP contribution in [0.25, 0.3) is 11.4 Å². The number of methoxy groups -OCH3 is 2. The molecule has 3 aromatic rings. The van der Waals surface area contributed by atoms with Crippen LogP contribution in [0.15, 0.2) is 41.6 Å². The summed E-state index contributed by atoms with van der Waals surface area (Å²) in [6.45, 7) is 0. The van der Waals surface area contributed by atoms with Crippen molar-refractivity contribution in [3.8, 4) is 22.9 Å². The van der Waals surface area contributed by atoms with Gasteiger partial charge in [0.15, 0.2) is 5.82 Å². The summed E-state index contributed by atoms with van der Waals surface area (Å²) in [6.07, 6.45) is 0. The van der Waals surface area contributed by atoms with E-state index in [0.29, 0.717) is 29.0 Å². The minimum Gasteiger partial charge on any atom is -0.497 e. The van der Waals surface area contributed by atoms with Crippen molar-refractivity contribution in [2.45, 2.75) is 5.16 Å². The summed E-state index contributed by atoms with van der Waals surface area (Å²) >= 11 is 1.01. The predicted molar refractivity (Wildman–Crippen MR) is 104 cm³/mol. The van der Waals surface area contributed by atoms with E-state index in [4.69, 9.17) is 15.3 Å². The first-order chi connectivity index (χ1) is 13.9. The van der Waals surface area contributed by atoms with Crippen LogP contribution in [0, 0.1) is 11.6 Å². The standard InChI is InChI=1S/C18H17F2N5O3S/c1-27-11-4-5-12(15(8-11)28-2)17-23-24-18(25(17)21)29-9-16(26)22-14-6-3-10(19)7-13(14)20/h3-8H,9,21H2,1-2H3,(H,22,26). The van der Waals surface area contributed by atoms with Gasteiger partial charge < -0.3 is 20.6 Å². The van der Waals surface area contributed by atoms with Gasteiger partial charge in [0.05, 0.1) is 31.2 Å². The molecule has 1 amide bonds. The highest BCUT2D eigenvalue weighted by Crippen LogP contribution is 2.33. The number of aromatic nitrogens is 3. The van der Waals surface area contributed by atoms with Crippen molar-refractivity contribution >= 4 is 23.4 Å². The van der Waals surface area contributed by atoms with Gasteiger partial charge in [-0.25, -0.2) is 13.5 Å². The number of halogens is 2. The average Bonchev–Trinajstić information content (AvgIpc) is 3.08. The van der Waals surface area contributed by atoms with Gasteiger partial charge in [-0.15, -0.1) is 10.2 Å². The number of thioether (sulfide) groups is 1. The topological polar surface area (TPSA) is 104 Å². The zero-order valence-electron chi connectivity index (χ0n) is 15.5. The molecule has 0 aliphatic rings. The lowest BCUT2D eigenvalue weighted by Crippen LogP contribution is -2.17. The molecule has 8 nitrogen and oxygen atoms in total. The molecule has 2 aromatic carbocycles. The SMILES string of the molecule is COc1ccc(-c2nnc(SCC(=O)Nc3ccc(F)cc3F)n2N)c(OC)c1. The van der Waals surface area contributed by atoms with Crippen molar-refractivity contribution in [3.63, 3.8) is 0 Å². The van der Waals surface area contributed by atoms with E-state index in [-0.39, 0.29) is 16.6 Å². The maximum absolute atomic E-state index is 13.6. The van der Waals surface area contributed by atoms with Gasteiger partial charge in [-0.05, 0) is 24.3 Å². The minimum absolute atomic E-state index is 0.105. The van der Waals surface area contributed by atoms with E-state index in [1.165, 1.54) is 18.9 Å². The van der Waals surface area contributed by atoms with Crippen molar-refractivity contribution in [2.24, 2.45) is 0 Å². The van der Waals surface area contributed by atoms with Crippen LogP contribution in [0.1, 0.15) is 0 Å². The number of benzene rings is 2. The Bertz CT molecular complexity index is 1040. The van der Waals surface area contributed by atoms with Gasteiger partial charge in [0.1, 0.15) is 23.1 Å². The number of nitrogens with zero attached hydrogens (tertiary/aromatic N) is 3. The molecule has 0 aliphatic heterocycles. The second-order valence-electron chi connectivity index (χ2n) is 5.70. The first kappa shape index (κ1) is 20.4. The van der Waals surface area contributed by atoms with Gasteiger partial charge >= 0.3 is 0 Å². The average molecular weight is 421 g/mol. The number of rotatable bonds is 7. The van der Waals surface area contributed by atoms with Crippen LogP contribution in [-0.2, 0) is 4.79 Å². The Balaban J connectivity index is 1.71. The maximum Gasteiger partial charge on any atom is 0.234 e. The number of carbonyl (C=O) groups is 1. The Morgan fingerprint density at radius 2 is 1.97 bits per heavy atom. The maximum atomic E-state index is 13.6. The number of amides is 1. The molecule has 0 saturated heterocycles. The molecule has 3 rings (SSSR count). The molecule has 0 radical (unpaired) electrons. The van der Waals surface area contributed by atoms with Gasteiger partial charge in [0.25, 0.3) is 0 Å². The molecule has 11 heteroatoms. The van der Waals surface area contributed by atoms with Crippen molar-refractivity contribution in [1.82, 2.24) is 14.9 Å². The Morgan fingerprint density at radius 3 is 2.66 bits per heavy atom. The molecular formula is C18H17F2N5O3S. The third-order valence-corrected chi connectivity index (χ3v) is 4.79. The van der Waals surface area contributed by atoms with Gasteiger partial charge in [0, 0.05) is 12.1 Å². The van der Waals surface area contributed by atoms with E-state index in [9.17, 15) is 13.6 Å². The van der Waals surface area contributed by atoms with E-state index in [0.717, 1.165) is 23.9 Å². The van der Waals surface area contributed by atoms with Gasteiger partial charge in [-0.1, -0.05) is 11.8 Å². The van der Waals surface area contributed by atoms with Crippen LogP contribution in [0.5, 0.6) is 11.5 Å². The van der Waals surface area contributed by atoms with E-state index < -0.39 is 17.5 Å².